The van der Waals surface area contributed by atoms with Crippen LogP contribution in [0.4, 0.5) is 0 Å². The van der Waals surface area contributed by atoms with Crippen molar-refractivity contribution >= 4 is 11.8 Å². The Morgan fingerprint density at radius 1 is 0.952 bits per heavy atom. The van der Waals surface area contributed by atoms with Crippen LogP contribution in [0, 0.1) is 58.7 Å². The monoisotopic (exact) mass is 586 g/mol. The zero-order chi connectivity index (χ0) is 30.4. The topological polar surface area (TPSA) is 163 Å². The zero-order valence-corrected chi connectivity index (χ0v) is 26.0. The van der Waals surface area contributed by atoms with Gasteiger partial charge in [0.05, 0.1) is 30.5 Å². The standard InChI is InChI=1S/C33H54N4O5/c1-6-17-34-30(42)25(13-16-33(5)36-37-33)35-26(39)10-7-19(2)21-8-9-22-27-23(12-15-31(21,22)3)32(4)14-11-20(38)18-24(32)28(40)29(27)41/h1,19-25,27-29,36-38,40-41H,7-18H2,2-5H3,(H,34,42)(H,35,39)/t19-,20-,21-,22+,23+,24+,25?,27+,28?,29?,31-,32-/m1/s1. The molecule has 4 saturated carbocycles. The summed E-state index contributed by atoms with van der Waals surface area (Å²) in [6, 6.07) is -0.629. The van der Waals surface area contributed by atoms with E-state index in [1.54, 1.807) is 0 Å². The molecule has 2 amide bonds. The van der Waals surface area contributed by atoms with Gasteiger partial charge in [-0.15, -0.1) is 6.42 Å². The van der Waals surface area contributed by atoms with Crippen LogP contribution < -0.4 is 21.5 Å². The first-order valence-corrected chi connectivity index (χ1v) is 16.4. The van der Waals surface area contributed by atoms with Crippen LogP contribution in [0.15, 0.2) is 0 Å². The number of nitrogens with one attached hydrogen (secondary N) is 4. The fourth-order valence-electron chi connectivity index (χ4n) is 10.2. The number of carbonyl (C=O) groups excluding carboxylic acids is 2. The molecule has 9 heteroatoms. The molecule has 0 spiro atoms. The fourth-order valence-corrected chi connectivity index (χ4v) is 10.2. The maximum atomic E-state index is 13.1. The summed E-state index contributed by atoms with van der Waals surface area (Å²) in [7, 11) is 0. The summed E-state index contributed by atoms with van der Waals surface area (Å²) >= 11 is 0. The van der Waals surface area contributed by atoms with E-state index >= 15 is 0 Å². The van der Waals surface area contributed by atoms with Gasteiger partial charge < -0.3 is 26.0 Å². The quantitative estimate of drug-likeness (QED) is 0.152. The van der Waals surface area contributed by atoms with Crippen LogP contribution in [0.25, 0.3) is 0 Å². The summed E-state index contributed by atoms with van der Waals surface area (Å²) in [5, 5.41) is 38.9. The fraction of sp³-hybridized carbons (Fsp3) is 0.879. The minimum atomic E-state index is -0.784. The summed E-state index contributed by atoms with van der Waals surface area (Å²) in [4.78, 5) is 25.8. The van der Waals surface area contributed by atoms with Gasteiger partial charge in [-0.3, -0.25) is 9.59 Å². The number of aliphatic hydroxyl groups excluding tert-OH is 3. The van der Waals surface area contributed by atoms with Crippen molar-refractivity contribution in [3.05, 3.63) is 0 Å². The van der Waals surface area contributed by atoms with Crippen molar-refractivity contribution in [3.8, 4) is 12.3 Å². The number of carbonyl (C=O) groups is 2. The largest absolute Gasteiger partial charge is 0.393 e. The summed E-state index contributed by atoms with van der Waals surface area (Å²) in [5.41, 5.74) is 5.96. The maximum absolute atomic E-state index is 13.1. The van der Waals surface area contributed by atoms with Gasteiger partial charge in [0.1, 0.15) is 6.04 Å². The molecule has 0 aromatic carbocycles. The molecule has 5 aliphatic rings. The highest BCUT2D eigenvalue weighted by atomic mass is 16.3. The Labute approximate surface area is 251 Å². The molecule has 1 heterocycles. The Hall–Kier alpha value is -1.70. The lowest BCUT2D eigenvalue weighted by Gasteiger charge is -2.63. The number of amides is 2. The van der Waals surface area contributed by atoms with Crippen LogP contribution >= 0.6 is 0 Å². The van der Waals surface area contributed by atoms with Gasteiger partial charge in [-0.05, 0) is 117 Å². The summed E-state index contributed by atoms with van der Waals surface area (Å²) in [5.74, 6) is 3.58. The van der Waals surface area contributed by atoms with E-state index in [4.69, 9.17) is 6.42 Å². The second-order valence-corrected chi connectivity index (χ2v) is 15.2. The first-order valence-electron chi connectivity index (χ1n) is 16.4. The van der Waals surface area contributed by atoms with Crippen molar-refractivity contribution in [2.75, 3.05) is 6.54 Å². The number of hydrogen-bond donors (Lipinski definition) is 7. The van der Waals surface area contributed by atoms with Crippen molar-refractivity contribution < 1.29 is 24.9 Å². The maximum Gasteiger partial charge on any atom is 0.243 e. The molecule has 1 saturated heterocycles. The molecule has 1 aliphatic heterocycles. The third-order valence-corrected chi connectivity index (χ3v) is 12.8. The number of rotatable bonds is 10. The molecular weight excluding hydrogens is 532 g/mol. The van der Waals surface area contributed by atoms with Crippen LogP contribution in [0.1, 0.15) is 98.3 Å². The molecule has 236 valence electrons. The second-order valence-electron chi connectivity index (χ2n) is 15.2. The summed E-state index contributed by atoms with van der Waals surface area (Å²) < 4.78 is 0. The lowest BCUT2D eigenvalue weighted by Crippen LogP contribution is -2.64. The Morgan fingerprint density at radius 2 is 1.64 bits per heavy atom. The first kappa shape index (κ1) is 31.7. The second kappa shape index (κ2) is 12.0. The minimum Gasteiger partial charge on any atom is -0.393 e. The molecule has 5 rings (SSSR count). The smallest absolute Gasteiger partial charge is 0.243 e. The molecule has 0 radical (unpaired) electrons. The molecule has 7 N–H and O–H groups in total. The number of terminal acetylenes is 1. The predicted molar refractivity (Wildman–Crippen MR) is 160 cm³/mol. The van der Waals surface area contributed by atoms with Crippen LogP contribution in [0.5, 0.6) is 0 Å². The molecule has 42 heavy (non-hydrogen) atoms. The van der Waals surface area contributed by atoms with E-state index in [9.17, 15) is 24.9 Å². The van der Waals surface area contributed by atoms with E-state index in [1.807, 2.05) is 6.92 Å². The molecule has 5 fully saturated rings. The Balaban J connectivity index is 1.20. The SMILES string of the molecule is C#CCNC(=O)C(CCC1(C)NN1)NC(=O)CC[C@@H](C)[C@H]1CC[C@H]2[C@@H]3C(O)C(O)[C@@H]4C[C@H](O)CC[C@]4(C)[C@H]3CC[C@]12C. The van der Waals surface area contributed by atoms with E-state index < -0.39 is 18.2 Å². The van der Waals surface area contributed by atoms with Gasteiger partial charge >= 0.3 is 0 Å². The number of hydrogen-bond acceptors (Lipinski definition) is 7. The van der Waals surface area contributed by atoms with Gasteiger partial charge in [-0.1, -0.05) is 26.7 Å². The Kier molecular flexibility index (Phi) is 9.06. The van der Waals surface area contributed by atoms with Crippen molar-refractivity contribution in [2.24, 2.45) is 46.3 Å². The zero-order valence-electron chi connectivity index (χ0n) is 26.0. The predicted octanol–water partition coefficient (Wildman–Crippen LogP) is 2.20. The summed E-state index contributed by atoms with van der Waals surface area (Å²) in [6.45, 7) is 9.11. The number of aliphatic hydroxyl groups is 3. The van der Waals surface area contributed by atoms with Crippen molar-refractivity contribution in [1.82, 2.24) is 21.5 Å². The average molecular weight is 587 g/mol. The van der Waals surface area contributed by atoms with Gasteiger partial charge in [0.2, 0.25) is 11.8 Å². The highest BCUT2D eigenvalue weighted by Gasteiger charge is 2.65. The van der Waals surface area contributed by atoms with E-state index in [0.29, 0.717) is 49.4 Å². The first-order chi connectivity index (χ1) is 19.8. The van der Waals surface area contributed by atoms with Crippen molar-refractivity contribution in [1.29, 1.82) is 0 Å². The van der Waals surface area contributed by atoms with Crippen LogP contribution in [0.2, 0.25) is 0 Å². The Morgan fingerprint density at radius 3 is 2.33 bits per heavy atom. The molecule has 4 aliphatic carbocycles. The van der Waals surface area contributed by atoms with Crippen molar-refractivity contribution in [3.63, 3.8) is 0 Å². The van der Waals surface area contributed by atoms with Crippen LogP contribution in [-0.2, 0) is 9.59 Å². The number of hydrazine groups is 1. The molecule has 0 bridgehead atoms. The average Bonchev–Trinajstić information content (AvgIpc) is 3.59. The van der Waals surface area contributed by atoms with Crippen LogP contribution in [0.3, 0.4) is 0 Å². The number of fused-ring (bicyclic) bond motifs is 5. The van der Waals surface area contributed by atoms with Gasteiger partial charge in [-0.25, -0.2) is 10.9 Å². The molecule has 9 nitrogen and oxygen atoms in total. The Bertz CT molecular complexity index is 1060. The highest BCUT2D eigenvalue weighted by Crippen LogP contribution is 2.68. The van der Waals surface area contributed by atoms with Crippen molar-refractivity contribution in [2.45, 2.75) is 128 Å². The molecule has 0 aromatic rings. The van der Waals surface area contributed by atoms with Gasteiger partial charge in [0.15, 0.2) is 0 Å². The molecule has 12 atom stereocenters. The van der Waals surface area contributed by atoms with Gasteiger partial charge in [0.25, 0.3) is 0 Å². The normalized spacial score (nSPS) is 43.1. The highest BCUT2D eigenvalue weighted by molar-refractivity contribution is 5.87. The molecule has 3 unspecified atom stereocenters. The van der Waals surface area contributed by atoms with E-state index in [-0.39, 0.29) is 52.8 Å². The van der Waals surface area contributed by atoms with E-state index in [1.165, 1.54) is 0 Å². The summed E-state index contributed by atoms with van der Waals surface area (Å²) in [6.07, 6.45) is 12.3. The third kappa shape index (κ3) is 5.87. The lowest BCUT2D eigenvalue weighted by molar-refractivity contribution is -0.223. The van der Waals surface area contributed by atoms with E-state index in [2.05, 4.69) is 48.2 Å². The van der Waals surface area contributed by atoms with Gasteiger partial charge in [0, 0.05) is 6.42 Å². The van der Waals surface area contributed by atoms with Gasteiger partial charge in [-0.2, -0.15) is 0 Å². The molecular formula is C33H54N4O5. The van der Waals surface area contributed by atoms with E-state index in [0.717, 1.165) is 44.9 Å². The lowest BCUT2D eigenvalue weighted by atomic mass is 9.43. The minimum absolute atomic E-state index is 0.0439. The molecule has 0 aromatic heterocycles. The third-order valence-electron chi connectivity index (χ3n) is 12.8. The van der Waals surface area contributed by atoms with Crippen LogP contribution in [-0.4, -0.2) is 63.7 Å².